The van der Waals surface area contributed by atoms with Crippen LogP contribution in [0.1, 0.15) is 13.8 Å². The summed E-state index contributed by atoms with van der Waals surface area (Å²) in [5.41, 5.74) is 0. The van der Waals surface area contributed by atoms with Crippen molar-refractivity contribution in [1.82, 2.24) is 0 Å². The van der Waals surface area contributed by atoms with Crippen molar-refractivity contribution >= 4 is 54.6 Å². The van der Waals surface area contributed by atoms with Crippen molar-refractivity contribution < 1.29 is 27.7 Å². The van der Waals surface area contributed by atoms with Crippen LogP contribution >= 0.6 is 42.6 Å². The van der Waals surface area contributed by atoms with Crippen LogP contribution in [0, 0.1) is 0 Å². The second-order valence-electron chi connectivity index (χ2n) is 2.50. The molecule has 0 rings (SSSR count). The molecule has 0 heterocycles. The van der Waals surface area contributed by atoms with Crippen LogP contribution in [0.4, 0.5) is 0 Å². The lowest BCUT2D eigenvalue weighted by Gasteiger charge is -2.17. The van der Waals surface area contributed by atoms with E-state index in [9.17, 15) is 14.2 Å². The van der Waals surface area contributed by atoms with E-state index in [0.717, 1.165) is 13.8 Å². The van der Waals surface area contributed by atoms with E-state index < -0.39 is 30.2 Å². The average Bonchev–Trinajstić information content (AvgIpc) is 1.96. The highest BCUT2D eigenvalue weighted by atomic mass is 35.6. The monoisotopic (exact) mass is 312 g/mol. The lowest BCUT2D eigenvalue weighted by atomic mass is 10.9. The van der Waals surface area contributed by atoms with Crippen LogP contribution < -0.4 is 0 Å². The van der Waals surface area contributed by atoms with E-state index in [1.807, 2.05) is 0 Å². The van der Waals surface area contributed by atoms with Crippen molar-refractivity contribution in [2.24, 2.45) is 0 Å². The molecule has 0 unspecified atom stereocenters. The molecule has 0 N–H and O–H groups in total. The Morgan fingerprint density at radius 1 is 1.12 bits per heavy atom. The highest BCUT2D eigenvalue weighted by Gasteiger charge is 2.36. The number of carbonyl (C=O) groups excluding carboxylic acids is 2. The normalized spacial score (nSPS) is 12.1. The molecule has 0 aromatic heterocycles. The first-order valence-corrected chi connectivity index (χ1v) is 6.35. The summed E-state index contributed by atoms with van der Waals surface area (Å²) in [6.07, 6.45) is 0. The van der Waals surface area contributed by atoms with Crippen molar-refractivity contribution in [2.75, 3.05) is 6.61 Å². The first-order valence-electron chi connectivity index (χ1n) is 3.76. The number of hydrogen-bond donors (Lipinski definition) is 0. The molecule has 10 heteroatoms. The zero-order chi connectivity index (χ0) is 13.0. The van der Waals surface area contributed by atoms with Gasteiger partial charge in [0, 0.05) is 13.8 Å². The largest absolute Gasteiger partial charge is 0.592 e. The predicted octanol–water partition coefficient (Wildman–Crippen LogP) is 2.61. The maximum atomic E-state index is 11.6. The Hall–Kier alpha value is -0.000000000000000111. The van der Waals surface area contributed by atoms with Gasteiger partial charge in [-0.15, -0.1) is 0 Å². The van der Waals surface area contributed by atoms with Gasteiger partial charge < -0.3 is 9.05 Å². The Balaban J connectivity index is 4.61. The number of phosphoric ester groups is 1. The van der Waals surface area contributed by atoms with Gasteiger partial charge in [0.1, 0.15) is 6.61 Å². The average molecular weight is 313 g/mol. The maximum absolute atomic E-state index is 11.6. The quantitative estimate of drug-likeness (QED) is 0.586. The van der Waals surface area contributed by atoms with E-state index in [-0.39, 0.29) is 0 Å². The van der Waals surface area contributed by atoms with Crippen molar-refractivity contribution in [2.45, 2.75) is 17.6 Å². The lowest BCUT2D eigenvalue weighted by Crippen LogP contribution is -2.15. The minimum Gasteiger partial charge on any atom is -0.362 e. The molecule has 0 fully saturated rings. The van der Waals surface area contributed by atoms with Crippen LogP contribution in [-0.2, 0) is 27.7 Å². The molecule has 0 aliphatic carbocycles. The highest BCUT2D eigenvalue weighted by Crippen LogP contribution is 2.51. The molecule has 0 aromatic carbocycles. The number of hydrogen-bond acceptors (Lipinski definition) is 6. The molecule has 0 radical (unpaired) electrons. The molecule has 0 aliphatic heterocycles. The van der Waals surface area contributed by atoms with E-state index in [4.69, 9.17) is 34.8 Å². The van der Waals surface area contributed by atoms with E-state index in [2.05, 4.69) is 13.6 Å². The van der Waals surface area contributed by atoms with Crippen LogP contribution in [0.2, 0.25) is 0 Å². The third-order valence-corrected chi connectivity index (χ3v) is 2.60. The number of carbonyl (C=O) groups is 2. The molecular formula is C6H8Cl3O6P. The Morgan fingerprint density at radius 3 is 1.75 bits per heavy atom. The summed E-state index contributed by atoms with van der Waals surface area (Å²) in [5, 5.41) is 0. The second kappa shape index (κ2) is 6.07. The molecule has 16 heavy (non-hydrogen) atoms. The van der Waals surface area contributed by atoms with Crippen LogP contribution in [0.25, 0.3) is 0 Å². The third kappa shape index (κ3) is 8.19. The Bertz CT molecular complexity index is 305. The Kier molecular flexibility index (Phi) is 6.07. The fraction of sp³-hybridized carbons (Fsp3) is 0.667. The first-order chi connectivity index (χ1) is 7.04. The van der Waals surface area contributed by atoms with Gasteiger partial charge in [0.05, 0.1) is 0 Å². The summed E-state index contributed by atoms with van der Waals surface area (Å²) >= 11 is 15.9. The topological polar surface area (TPSA) is 78.9 Å². The summed E-state index contributed by atoms with van der Waals surface area (Å²) in [6, 6.07) is 0. The Morgan fingerprint density at radius 2 is 1.50 bits per heavy atom. The molecule has 0 bridgehead atoms. The number of phosphoric acid groups is 1. The zero-order valence-electron chi connectivity index (χ0n) is 8.24. The smallest absolute Gasteiger partial charge is 0.362 e. The van der Waals surface area contributed by atoms with Gasteiger partial charge in [-0.1, -0.05) is 34.8 Å². The highest BCUT2D eigenvalue weighted by molar-refractivity contribution is 7.49. The van der Waals surface area contributed by atoms with Crippen molar-refractivity contribution in [3.05, 3.63) is 0 Å². The summed E-state index contributed by atoms with van der Waals surface area (Å²) in [6.45, 7) is 1.24. The van der Waals surface area contributed by atoms with Crippen LogP contribution in [0.3, 0.4) is 0 Å². The number of alkyl halides is 3. The summed E-state index contributed by atoms with van der Waals surface area (Å²) in [5.74, 6) is -1.93. The molecule has 0 saturated carbocycles. The molecule has 0 aromatic rings. The van der Waals surface area contributed by atoms with E-state index >= 15 is 0 Å². The van der Waals surface area contributed by atoms with Gasteiger partial charge in [-0.2, -0.15) is 0 Å². The van der Waals surface area contributed by atoms with E-state index in [1.54, 1.807) is 0 Å². The van der Waals surface area contributed by atoms with Gasteiger partial charge in [0.15, 0.2) is 0 Å². The zero-order valence-corrected chi connectivity index (χ0v) is 11.4. The molecule has 0 spiro atoms. The van der Waals surface area contributed by atoms with Gasteiger partial charge in [0.2, 0.25) is 3.79 Å². The molecule has 94 valence electrons. The summed E-state index contributed by atoms with van der Waals surface area (Å²) in [7, 11) is -4.38. The Labute approximate surface area is 107 Å². The van der Waals surface area contributed by atoms with Crippen LogP contribution in [-0.4, -0.2) is 22.3 Å². The van der Waals surface area contributed by atoms with Crippen molar-refractivity contribution in [3.8, 4) is 0 Å². The van der Waals surface area contributed by atoms with Gasteiger partial charge >= 0.3 is 19.8 Å². The summed E-state index contributed by atoms with van der Waals surface area (Å²) in [4.78, 5) is 21.2. The minimum absolute atomic E-state index is 0.671. The van der Waals surface area contributed by atoms with Crippen LogP contribution in [0.5, 0.6) is 0 Å². The molecule has 0 aliphatic rings. The van der Waals surface area contributed by atoms with E-state index in [1.165, 1.54) is 0 Å². The SMILES string of the molecule is CC(=O)OP(=O)(OCC(Cl)(Cl)Cl)OC(C)=O. The van der Waals surface area contributed by atoms with Gasteiger partial charge in [-0.25, -0.2) is 4.57 Å². The van der Waals surface area contributed by atoms with Gasteiger partial charge in [-0.05, 0) is 0 Å². The van der Waals surface area contributed by atoms with Crippen LogP contribution in [0.15, 0.2) is 0 Å². The van der Waals surface area contributed by atoms with Crippen molar-refractivity contribution in [1.29, 1.82) is 0 Å². The lowest BCUT2D eigenvalue weighted by molar-refractivity contribution is -0.138. The standard InChI is InChI=1S/C6H8Cl3O6P/c1-4(10)14-16(12,15-5(2)11)13-3-6(7,8)9/h3H2,1-2H3. The first kappa shape index (κ1) is 16.0. The fourth-order valence-electron chi connectivity index (χ4n) is 0.538. The fourth-order valence-corrected chi connectivity index (χ4v) is 2.05. The van der Waals surface area contributed by atoms with Crippen molar-refractivity contribution in [3.63, 3.8) is 0 Å². The van der Waals surface area contributed by atoms with Gasteiger partial charge in [-0.3, -0.25) is 14.1 Å². The summed E-state index contributed by atoms with van der Waals surface area (Å²) < 4.78 is 22.6. The number of rotatable bonds is 4. The third-order valence-electron chi connectivity index (χ3n) is 0.867. The molecule has 6 nitrogen and oxygen atoms in total. The second-order valence-corrected chi connectivity index (χ2v) is 6.54. The molecule has 0 amide bonds. The molecule has 0 atom stereocenters. The van der Waals surface area contributed by atoms with Gasteiger partial charge in [0.25, 0.3) is 0 Å². The molecule has 0 saturated heterocycles. The maximum Gasteiger partial charge on any atom is 0.592 e. The molecular weight excluding hydrogens is 305 g/mol. The predicted molar refractivity (Wildman–Crippen MR) is 57.4 cm³/mol. The number of halogens is 3. The van der Waals surface area contributed by atoms with E-state index in [0.29, 0.717) is 0 Å². The minimum atomic E-state index is -4.38.